The molecule has 0 N–H and O–H groups in total. The van der Waals surface area contributed by atoms with Crippen LogP contribution in [0.1, 0.15) is 31.1 Å². The van der Waals surface area contributed by atoms with Crippen LogP contribution in [0.2, 0.25) is 0 Å². The first-order valence-corrected chi connectivity index (χ1v) is 11.3. The molecule has 9 heteroatoms. The van der Waals surface area contributed by atoms with Crippen molar-refractivity contribution < 1.29 is 19.2 Å². The number of benzene rings is 2. The van der Waals surface area contributed by atoms with Crippen LogP contribution < -0.4 is 4.90 Å². The lowest BCUT2D eigenvalue weighted by molar-refractivity contribution is -0.0756. The van der Waals surface area contributed by atoms with Gasteiger partial charge in [0, 0.05) is 50.2 Å². The largest absolute Gasteiger partial charge is 0.444 e. The van der Waals surface area contributed by atoms with Crippen LogP contribution in [0.5, 0.6) is 0 Å². The summed E-state index contributed by atoms with van der Waals surface area (Å²) >= 11 is 0. The standard InChI is InChI=1S/C25H31N5O4/c1-25(2,3)34-24(32)29-14-12-28(13-15-29)19-7-9-20(10-8-19)30-17-26-21-11-6-18(16-22(21)30)23(31)27(4)33-5/h6-11,16-17H,12-15H2,1-5H3. The van der Waals surface area contributed by atoms with Crippen LogP contribution in [-0.4, -0.2) is 77.5 Å². The van der Waals surface area contributed by atoms with Crippen LogP contribution in [0.4, 0.5) is 10.5 Å². The molecular weight excluding hydrogens is 434 g/mol. The Balaban J connectivity index is 1.47. The second kappa shape index (κ2) is 9.34. The fraction of sp³-hybridized carbons (Fsp3) is 0.400. The molecule has 0 radical (unpaired) electrons. The van der Waals surface area contributed by atoms with E-state index in [0.29, 0.717) is 18.7 Å². The Morgan fingerprint density at radius 2 is 1.62 bits per heavy atom. The number of ether oxygens (including phenoxy) is 1. The molecule has 2 heterocycles. The highest BCUT2D eigenvalue weighted by atomic mass is 16.7. The zero-order chi connectivity index (χ0) is 24.5. The topological polar surface area (TPSA) is 80.1 Å². The third-order valence-corrected chi connectivity index (χ3v) is 5.78. The fourth-order valence-corrected chi connectivity index (χ4v) is 3.91. The van der Waals surface area contributed by atoms with Crippen LogP contribution >= 0.6 is 0 Å². The monoisotopic (exact) mass is 465 g/mol. The van der Waals surface area contributed by atoms with Crippen molar-refractivity contribution in [2.45, 2.75) is 26.4 Å². The third kappa shape index (κ3) is 4.99. The van der Waals surface area contributed by atoms with Crippen molar-refractivity contribution in [2.75, 3.05) is 45.2 Å². The van der Waals surface area contributed by atoms with Crippen molar-refractivity contribution >= 4 is 28.7 Å². The molecule has 2 amide bonds. The van der Waals surface area contributed by atoms with Gasteiger partial charge in [0.05, 0.1) is 18.1 Å². The summed E-state index contributed by atoms with van der Waals surface area (Å²) in [5.41, 5.74) is 3.72. The van der Waals surface area contributed by atoms with Crippen LogP contribution in [0, 0.1) is 0 Å². The van der Waals surface area contributed by atoms with Gasteiger partial charge >= 0.3 is 6.09 Å². The van der Waals surface area contributed by atoms with Gasteiger partial charge in [0.2, 0.25) is 0 Å². The zero-order valence-corrected chi connectivity index (χ0v) is 20.3. The van der Waals surface area contributed by atoms with E-state index in [4.69, 9.17) is 9.57 Å². The number of hydrogen-bond donors (Lipinski definition) is 0. The number of fused-ring (bicyclic) bond motifs is 1. The van der Waals surface area contributed by atoms with Crippen molar-refractivity contribution in [1.29, 1.82) is 0 Å². The highest BCUT2D eigenvalue weighted by Crippen LogP contribution is 2.24. The van der Waals surface area contributed by atoms with E-state index < -0.39 is 5.60 Å². The first-order valence-electron chi connectivity index (χ1n) is 11.3. The van der Waals surface area contributed by atoms with Crippen molar-refractivity contribution in [3.8, 4) is 5.69 Å². The maximum absolute atomic E-state index is 12.5. The minimum atomic E-state index is -0.491. The maximum atomic E-state index is 12.5. The third-order valence-electron chi connectivity index (χ3n) is 5.78. The summed E-state index contributed by atoms with van der Waals surface area (Å²) in [6.45, 7) is 8.36. The Morgan fingerprint density at radius 3 is 2.24 bits per heavy atom. The fourth-order valence-electron chi connectivity index (χ4n) is 3.91. The van der Waals surface area contributed by atoms with E-state index in [0.717, 1.165) is 35.5 Å². The Morgan fingerprint density at radius 1 is 0.971 bits per heavy atom. The number of nitrogens with zero attached hydrogens (tertiary/aromatic N) is 5. The van der Waals surface area contributed by atoms with Gasteiger partial charge in [0.25, 0.3) is 5.91 Å². The number of rotatable bonds is 4. The molecule has 0 unspecified atom stereocenters. The highest BCUT2D eigenvalue weighted by Gasteiger charge is 2.26. The second-order valence-electron chi connectivity index (χ2n) is 9.27. The lowest BCUT2D eigenvalue weighted by Crippen LogP contribution is -2.50. The van der Waals surface area contributed by atoms with Crippen molar-refractivity contribution in [1.82, 2.24) is 19.5 Å². The molecule has 0 spiro atoms. The van der Waals surface area contributed by atoms with Gasteiger partial charge in [-0.05, 0) is 63.2 Å². The number of hydroxylamine groups is 2. The smallest absolute Gasteiger partial charge is 0.410 e. The first-order chi connectivity index (χ1) is 16.2. The van der Waals surface area contributed by atoms with Gasteiger partial charge in [-0.25, -0.2) is 14.8 Å². The molecule has 3 aromatic rings. The summed E-state index contributed by atoms with van der Waals surface area (Å²) in [6, 6.07) is 13.6. The summed E-state index contributed by atoms with van der Waals surface area (Å²) in [7, 11) is 3.04. The van der Waals surface area contributed by atoms with Gasteiger partial charge in [0.15, 0.2) is 0 Å². The summed E-state index contributed by atoms with van der Waals surface area (Å²) < 4.78 is 7.44. The molecule has 180 valence electrons. The van der Waals surface area contributed by atoms with Crippen LogP contribution in [-0.2, 0) is 9.57 Å². The SMILES string of the molecule is CON(C)C(=O)c1ccc2ncn(-c3ccc(N4CCN(C(=O)OC(C)(C)C)CC4)cc3)c2c1. The average molecular weight is 466 g/mol. The Kier molecular flexibility index (Phi) is 6.47. The lowest BCUT2D eigenvalue weighted by atomic mass is 10.1. The minimum absolute atomic E-state index is 0.224. The number of anilines is 1. The van der Waals surface area contributed by atoms with E-state index in [1.807, 2.05) is 49.6 Å². The number of imidazole rings is 1. The number of hydrogen-bond acceptors (Lipinski definition) is 6. The summed E-state index contributed by atoms with van der Waals surface area (Å²) in [5, 5.41) is 1.19. The van der Waals surface area contributed by atoms with E-state index >= 15 is 0 Å². The number of piperazine rings is 1. The molecule has 1 fully saturated rings. The molecule has 4 rings (SSSR count). The molecular formula is C25H31N5O4. The quantitative estimate of drug-likeness (QED) is 0.547. The molecule has 1 aliphatic rings. The van der Waals surface area contributed by atoms with Crippen molar-refractivity contribution in [3.05, 3.63) is 54.4 Å². The van der Waals surface area contributed by atoms with E-state index in [1.165, 1.54) is 12.2 Å². The van der Waals surface area contributed by atoms with E-state index in [-0.39, 0.29) is 12.0 Å². The normalized spacial score (nSPS) is 14.4. The second-order valence-corrected chi connectivity index (χ2v) is 9.27. The molecule has 34 heavy (non-hydrogen) atoms. The molecule has 9 nitrogen and oxygen atoms in total. The van der Waals surface area contributed by atoms with E-state index in [1.54, 1.807) is 24.3 Å². The van der Waals surface area contributed by atoms with Gasteiger partial charge in [0.1, 0.15) is 11.9 Å². The number of amides is 2. The molecule has 0 aliphatic carbocycles. The van der Waals surface area contributed by atoms with Gasteiger partial charge < -0.3 is 14.5 Å². The van der Waals surface area contributed by atoms with Gasteiger partial charge in [-0.1, -0.05) is 0 Å². The van der Waals surface area contributed by atoms with E-state index in [2.05, 4.69) is 22.0 Å². The summed E-state index contributed by atoms with van der Waals surface area (Å²) in [5.74, 6) is -0.224. The van der Waals surface area contributed by atoms with Gasteiger partial charge in [-0.3, -0.25) is 14.2 Å². The highest BCUT2D eigenvalue weighted by molar-refractivity contribution is 5.97. The van der Waals surface area contributed by atoms with Gasteiger partial charge in [-0.15, -0.1) is 0 Å². The Hall–Kier alpha value is -3.59. The average Bonchev–Trinajstić information content (AvgIpc) is 3.25. The zero-order valence-electron chi connectivity index (χ0n) is 20.3. The molecule has 0 bridgehead atoms. The molecule has 1 aromatic heterocycles. The predicted octanol–water partition coefficient (Wildman–Crippen LogP) is 3.72. The molecule has 0 saturated carbocycles. The maximum Gasteiger partial charge on any atom is 0.410 e. The number of carbonyl (C=O) groups excluding carboxylic acids is 2. The molecule has 0 atom stereocenters. The summed E-state index contributed by atoms with van der Waals surface area (Å²) in [4.78, 5) is 38.3. The Bertz CT molecular complexity index is 1170. The molecule has 2 aromatic carbocycles. The number of carbonyl (C=O) groups is 2. The number of aromatic nitrogens is 2. The lowest BCUT2D eigenvalue weighted by Gasteiger charge is -2.36. The van der Waals surface area contributed by atoms with E-state index in [9.17, 15) is 9.59 Å². The summed E-state index contributed by atoms with van der Waals surface area (Å²) in [6.07, 6.45) is 1.50. The van der Waals surface area contributed by atoms with Crippen LogP contribution in [0.25, 0.3) is 16.7 Å². The van der Waals surface area contributed by atoms with Crippen LogP contribution in [0.3, 0.4) is 0 Å². The van der Waals surface area contributed by atoms with Crippen LogP contribution in [0.15, 0.2) is 48.8 Å². The predicted molar refractivity (Wildman–Crippen MR) is 130 cm³/mol. The first kappa shape index (κ1) is 23.6. The minimum Gasteiger partial charge on any atom is -0.444 e. The van der Waals surface area contributed by atoms with Crippen molar-refractivity contribution in [3.63, 3.8) is 0 Å². The molecule has 1 saturated heterocycles. The van der Waals surface area contributed by atoms with Gasteiger partial charge in [-0.2, -0.15) is 0 Å². The Labute approximate surface area is 199 Å². The molecule has 1 aliphatic heterocycles. The van der Waals surface area contributed by atoms with Crippen molar-refractivity contribution in [2.24, 2.45) is 0 Å².